The Kier molecular flexibility index (Phi) is 4.66. The molecule has 1 spiro atoms. The highest BCUT2D eigenvalue weighted by molar-refractivity contribution is 5.94. The fourth-order valence-electron chi connectivity index (χ4n) is 3.78. The predicted molar refractivity (Wildman–Crippen MR) is 86.9 cm³/mol. The van der Waals surface area contributed by atoms with Gasteiger partial charge in [0.25, 0.3) is 5.91 Å². The lowest BCUT2D eigenvalue weighted by molar-refractivity contribution is -0.139. The Balaban J connectivity index is 1.62. The summed E-state index contributed by atoms with van der Waals surface area (Å²) in [6.45, 7) is 2.65. The highest BCUT2D eigenvalue weighted by atomic mass is 16.3. The van der Waals surface area contributed by atoms with Gasteiger partial charge in [0.1, 0.15) is 0 Å². The number of rotatable bonds is 3. The Hall–Kier alpha value is -1.88. The first-order valence-electron chi connectivity index (χ1n) is 8.37. The molecule has 2 aliphatic rings. The molecule has 3 rings (SSSR count). The lowest BCUT2D eigenvalue weighted by Gasteiger charge is -2.47. The van der Waals surface area contributed by atoms with Crippen LogP contribution in [-0.2, 0) is 4.79 Å². The summed E-state index contributed by atoms with van der Waals surface area (Å²) in [6, 6.07) is 9.40. The molecule has 5 nitrogen and oxygen atoms in total. The van der Waals surface area contributed by atoms with Gasteiger partial charge in [-0.2, -0.15) is 0 Å². The number of piperidine rings is 2. The van der Waals surface area contributed by atoms with Crippen LogP contribution in [0.1, 0.15) is 36.0 Å². The van der Waals surface area contributed by atoms with E-state index >= 15 is 0 Å². The van der Waals surface area contributed by atoms with Crippen LogP contribution in [0.25, 0.3) is 0 Å². The van der Waals surface area contributed by atoms with Gasteiger partial charge in [0.15, 0.2) is 0 Å². The van der Waals surface area contributed by atoms with Gasteiger partial charge in [-0.1, -0.05) is 18.2 Å². The number of likely N-dealkylation sites (tertiary alicyclic amines) is 2. The van der Waals surface area contributed by atoms with E-state index in [2.05, 4.69) is 0 Å². The number of carbonyl (C=O) groups excluding carboxylic acids is 2. The molecule has 1 N–H and O–H groups in total. The summed E-state index contributed by atoms with van der Waals surface area (Å²) in [6.07, 6.45) is 3.33. The number of β-amino-alcohol motifs (C(OH)–C–C–N with tert-alkyl or cyclic N) is 1. The maximum absolute atomic E-state index is 12.5. The Morgan fingerprint density at radius 3 is 2.48 bits per heavy atom. The number of aliphatic hydroxyl groups is 1. The van der Waals surface area contributed by atoms with Crippen LogP contribution in [0.3, 0.4) is 0 Å². The molecule has 1 aromatic rings. The van der Waals surface area contributed by atoms with Crippen LogP contribution in [-0.4, -0.2) is 59.5 Å². The summed E-state index contributed by atoms with van der Waals surface area (Å²) in [5.41, 5.74) is 0.862. The standard InChI is InChI=1S/C18H24N2O3/c21-13-12-20-14-18(7-6-16(20)22)8-10-19(11-9-18)17(23)15-4-2-1-3-5-15/h1-5,21H,6-14H2. The van der Waals surface area contributed by atoms with Crippen molar-refractivity contribution < 1.29 is 14.7 Å². The Morgan fingerprint density at radius 1 is 1.13 bits per heavy atom. The van der Waals surface area contributed by atoms with Gasteiger partial charge in [0.2, 0.25) is 5.91 Å². The van der Waals surface area contributed by atoms with Crippen LogP contribution in [0.4, 0.5) is 0 Å². The molecule has 0 atom stereocenters. The van der Waals surface area contributed by atoms with Gasteiger partial charge in [-0.3, -0.25) is 9.59 Å². The van der Waals surface area contributed by atoms with E-state index in [1.807, 2.05) is 35.2 Å². The van der Waals surface area contributed by atoms with Gasteiger partial charge in [-0.05, 0) is 36.8 Å². The number of hydrogen-bond donors (Lipinski definition) is 1. The summed E-state index contributed by atoms with van der Waals surface area (Å²) in [5, 5.41) is 9.12. The topological polar surface area (TPSA) is 60.9 Å². The Labute approximate surface area is 136 Å². The minimum atomic E-state index is 0.0143. The smallest absolute Gasteiger partial charge is 0.253 e. The maximum atomic E-state index is 12.5. The molecule has 23 heavy (non-hydrogen) atoms. The largest absolute Gasteiger partial charge is 0.395 e. The molecule has 2 saturated heterocycles. The molecule has 2 amide bonds. The van der Waals surface area contributed by atoms with Gasteiger partial charge in [0, 0.05) is 38.2 Å². The van der Waals surface area contributed by atoms with E-state index in [0.29, 0.717) is 13.0 Å². The average Bonchev–Trinajstić information content (AvgIpc) is 2.59. The SMILES string of the molecule is O=C1CCC2(CCN(C(=O)c3ccccc3)CC2)CN1CCO. The van der Waals surface area contributed by atoms with Gasteiger partial charge in [-0.25, -0.2) is 0 Å². The lowest BCUT2D eigenvalue weighted by Crippen LogP contribution is -2.52. The molecule has 0 radical (unpaired) electrons. The van der Waals surface area contributed by atoms with Gasteiger partial charge >= 0.3 is 0 Å². The maximum Gasteiger partial charge on any atom is 0.253 e. The van der Waals surface area contributed by atoms with E-state index in [0.717, 1.165) is 44.5 Å². The molecule has 0 aromatic heterocycles. The zero-order valence-corrected chi connectivity index (χ0v) is 13.4. The van der Waals surface area contributed by atoms with Crippen LogP contribution in [0.15, 0.2) is 30.3 Å². The fourth-order valence-corrected chi connectivity index (χ4v) is 3.78. The third-order valence-electron chi connectivity index (χ3n) is 5.25. The van der Waals surface area contributed by atoms with Crippen LogP contribution in [0, 0.1) is 5.41 Å². The molecule has 2 heterocycles. The number of hydrogen-bond acceptors (Lipinski definition) is 3. The average molecular weight is 316 g/mol. The highest BCUT2D eigenvalue weighted by Crippen LogP contribution is 2.40. The summed E-state index contributed by atoms with van der Waals surface area (Å²) < 4.78 is 0. The van der Waals surface area contributed by atoms with Gasteiger partial charge < -0.3 is 14.9 Å². The molecule has 0 unspecified atom stereocenters. The summed E-state index contributed by atoms with van der Waals surface area (Å²) in [4.78, 5) is 28.2. The lowest BCUT2D eigenvalue weighted by atomic mass is 9.72. The third kappa shape index (κ3) is 3.39. The summed E-state index contributed by atoms with van der Waals surface area (Å²) >= 11 is 0. The zero-order chi connectivity index (χ0) is 16.3. The molecular weight excluding hydrogens is 292 g/mol. The molecule has 2 aliphatic heterocycles. The number of benzene rings is 1. The third-order valence-corrected chi connectivity index (χ3v) is 5.25. The Morgan fingerprint density at radius 2 is 1.83 bits per heavy atom. The van der Waals surface area contributed by atoms with Crippen molar-refractivity contribution in [2.75, 3.05) is 32.8 Å². The van der Waals surface area contributed by atoms with Gasteiger partial charge in [0.05, 0.1) is 6.61 Å². The number of aliphatic hydroxyl groups excluding tert-OH is 1. The van der Waals surface area contributed by atoms with Crippen molar-refractivity contribution in [2.24, 2.45) is 5.41 Å². The molecule has 2 fully saturated rings. The number of carbonyl (C=O) groups is 2. The van der Waals surface area contributed by atoms with E-state index in [9.17, 15) is 9.59 Å². The van der Waals surface area contributed by atoms with Crippen molar-refractivity contribution in [3.8, 4) is 0 Å². The second-order valence-corrected chi connectivity index (χ2v) is 6.70. The van der Waals surface area contributed by atoms with E-state index in [-0.39, 0.29) is 23.8 Å². The van der Waals surface area contributed by atoms with Crippen molar-refractivity contribution in [1.82, 2.24) is 9.80 Å². The van der Waals surface area contributed by atoms with Crippen molar-refractivity contribution in [3.05, 3.63) is 35.9 Å². The summed E-state index contributed by atoms with van der Waals surface area (Å²) in [5.74, 6) is 0.243. The molecule has 5 heteroatoms. The van der Waals surface area contributed by atoms with E-state index in [1.54, 1.807) is 4.90 Å². The highest BCUT2D eigenvalue weighted by Gasteiger charge is 2.41. The minimum absolute atomic E-state index is 0.0143. The van der Waals surface area contributed by atoms with Crippen molar-refractivity contribution in [3.63, 3.8) is 0 Å². The number of nitrogens with zero attached hydrogens (tertiary/aromatic N) is 2. The van der Waals surface area contributed by atoms with Crippen LogP contribution < -0.4 is 0 Å². The predicted octanol–water partition coefficient (Wildman–Crippen LogP) is 1.52. The van der Waals surface area contributed by atoms with Crippen LogP contribution in [0.2, 0.25) is 0 Å². The first-order chi connectivity index (χ1) is 11.1. The molecular formula is C18H24N2O3. The van der Waals surface area contributed by atoms with E-state index in [1.165, 1.54) is 0 Å². The van der Waals surface area contributed by atoms with Crippen molar-refractivity contribution in [1.29, 1.82) is 0 Å². The molecule has 0 saturated carbocycles. The summed E-state index contributed by atoms with van der Waals surface area (Å²) in [7, 11) is 0. The fraction of sp³-hybridized carbons (Fsp3) is 0.556. The van der Waals surface area contributed by atoms with Crippen molar-refractivity contribution in [2.45, 2.75) is 25.7 Å². The monoisotopic (exact) mass is 316 g/mol. The van der Waals surface area contributed by atoms with Crippen molar-refractivity contribution >= 4 is 11.8 Å². The second-order valence-electron chi connectivity index (χ2n) is 6.70. The molecule has 0 bridgehead atoms. The normalized spacial score (nSPS) is 20.8. The minimum Gasteiger partial charge on any atom is -0.395 e. The quantitative estimate of drug-likeness (QED) is 0.920. The van der Waals surface area contributed by atoms with E-state index < -0.39 is 0 Å². The van der Waals surface area contributed by atoms with Crippen LogP contribution in [0.5, 0.6) is 0 Å². The Bertz CT molecular complexity index is 565. The number of amides is 2. The zero-order valence-electron chi connectivity index (χ0n) is 13.4. The molecule has 124 valence electrons. The first kappa shape index (κ1) is 16.0. The second kappa shape index (κ2) is 6.71. The van der Waals surface area contributed by atoms with E-state index in [4.69, 9.17) is 5.11 Å². The molecule has 0 aliphatic carbocycles. The first-order valence-corrected chi connectivity index (χ1v) is 8.37. The van der Waals surface area contributed by atoms with Gasteiger partial charge in [-0.15, -0.1) is 0 Å². The molecule has 1 aromatic carbocycles. The van der Waals surface area contributed by atoms with Crippen LogP contribution >= 0.6 is 0 Å².